The lowest BCUT2D eigenvalue weighted by Gasteiger charge is -2.27. The zero-order chi connectivity index (χ0) is 16.1. The molecule has 1 saturated carbocycles. The van der Waals surface area contributed by atoms with E-state index in [9.17, 15) is 9.59 Å². The van der Waals surface area contributed by atoms with Crippen LogP contribution in [0.15, 0.2) is 18.5 Å². The quantitative estimate of drug-likeness (QED) is 0.878. The molecule has 23 heavy (non-hydrogen) atoms. The molecule has 0 aromatic carbocycles. The molecule has 1 aromatic heterocycles. The highest BCUT2D eigenvalue weighted by Gasteiger charge is 2.24. The van der Waals surface area contributed by atoms with Crippen LogP contribution in [0.3, 0.4) is 0 Å². The van der Waals surface area contributed by atoms with Gasteiger partial charge in [0, 0.05) is 44.6 Å². The zero-order valence-electron chi connectivity index (χ0n) is 13.6. The summed E-state index contributed by atoms with van der Waals surface area (Å²) in [4.78, 5) is 31.4. The second kappa shape index (κ2) is 7.53. The van der Waals surface area contributed by atoms with Gasteiger partial charge in [-0.05, 0) is 25.3 Å². The van der Waals surface area contributed by atoms with Gasteiger partial charge in [-0.1, -0.05) is 19.3 Å². The van der Waals surface area contributed by atoms with E-state index in [0.29, 0.717) is 31.2 Å². The topological polar surface area (TPSA) is 68.4 Å². The first-order valence-corrected chi connectivity index (χ1v) is 8.71. The van der Waals surface area contributed by atoms with Crippen LogP contribution in [0.1, 0.15) is 48.9 Å². The molecule has 126 valence electrons. The molecular weight excluding hydrogens is 292 g/mol. The van der Waals surface area contributed by atoms with E-state index in [4.69, 9.17) is 0 Å². The lowest BCUT2D eigenvalue weighted by atomic mass is 9.96. The van der Waals surface area contributed by atoms with Gasteiger partial charge < -0.3 is 20.1 Å². The van der Waals surface area contributed by atoms with Crippen molar-refractivity contribution in [1.29, 1.82) is 0 Å². The molecular formula is C17H26N4O2. The molecule has 0 radical (unpaired) electrons. The number of carbonyl (C=O) groups excluding carboxylic acids is 2. The van der Waals surface area contributed by atoms with Gasteiger partial charge in [0.2, 0.25) is 0 Å². The fourth-order valence-corrected chi connectivity index (χ4v) is 3.48. The third-order valence-electron chi connectivity index (χ3n) is 4.85. The van der Waals surface area contributed by atoms with Crippen molar-refractivity contribution in [2.45, 2.75) is 44.6 Å². The summed E-state index contributed by atoms with van der Waals surface area (Å²) in [6, 6.07) is 2.16. The first kappa shape index (κ1) is 15.9. The van der Waals surface area contributed by atoms with E-state index in [-0.39, 0.29) is 11.9 Å². The van der Waals surface area contributed by atoms with Crippen LogP contribution >= 0.6 is 0 Å². The Morgan fingerprint density at radius 3 is 2.48 bits per heavy atom. The Morgan fingerprint density at radius 2 is 1.74 bits per heavy atom. The maximum absolute atomic E-state index is 12.4. The van der Waals surface area contributed by atoms with Gasteiger partial charge in [-0.15, -0.1) is 0 Å². The van der Waals surface area contributed by atoms with E-state index in [2.05, 4.69) is 10.3 Å². The minimum Gasteiger partial charge on any atom is -0.367 e. The molecule has 2 aliphatic rings. The van der Waals surface area contributed by atoms with Gasteiger partial charge in [-0.3, -0.25) is 4.79 Å². The predicted molar refractivity (Wildman–Crippen MR) is 88.3 cm³/mol. The monoisotopic (exact) mass is 318 g/mol. The molecule has 0 atom stereocenters. The molecule has 6 heteroatoms. The van der Waals surface area contributed by atoms with Crippen molar-refractivity contribution in [1.82, 2.24) is 20.1 Å². The number of nitrogens with one attached hydrogen (secondary N) is 2. The Kier molecular flexibility index (Phi) is 5.20. The Bertz CT molecular complexity index is 523. The number of nitrogens with zero attached hydrogens (tertiary/aromatic N) is 2. The molecule has 0 unspecified atom stereocenters. The van der Waals surface area contributed by atoms with Crippen molar-refractivity contribution < 1.29 is 9.59 Å². The maximum atomic E-state index is 12.4. The maximum Gasteiger partial charge on any atom is 0.317 e. The van der Waals surface area contributed by atoms with Crippen LogP contribution in [0.5, 0.6) is 0 Å². The third-order valence-corrected chi connectivity index (χ3v) is 4.85. The lowest BCUT2D eigenvalue weighted by molar-refractivity contribution is 0.0762. The predicted octanol–water partition coefficient (Wildman–Crippen LogP) is 2.20. The molecule has 1 aromatic rings. The summed E-state index contributed by atoms with van der Waals surface area (Å²) in [5, 5.41) is 3.17. The molecule has 2 heterocycles. The summed E-state index contributed by atoms with van der Waals surface area (Å²) >= 11 is 0. The van der Waals surface area contributed by atoms with Gasteiger partial charge in [0.1, 0.15) is 0 Å². The number of hydrogen-bond acceptors (Lipinski definition) is 2. The molecule has 2 N–H and O–H groups in total. The Labute approximate surface area is 137 Å². The largest absolute Gasteiger partial charge is 0.367 e. The average molecular weight is 318 g/mol. The van der Waals surface area contributed by atoms with Gasteiger partial charge in [-0.2, -0.15) is 0 Å². The Morgan fingerprint density at radius 1 is 1.00 bits per heavy atom. The van der Waals surface area contributed by atoms with Gasteiger partial charge in [0.05, 0.1) is 5.56 Å². The summed E-state index contributed by atoms with van der Waals surface area (Å²) in [6.07, 6.45) is 10.2. The molecule has 1 aliphatic carbocycles. The van der Waals surface area contributed by atoms with Crippen molar-refractivity contribution in [3.63, 3.8) is 0 Å². The lowest BCUT2D eigenvalue weighted by Crippen LogP contribution is -2.46. The highest BCUT2D eigenvalue weighted by atomic mass is 16.2. The van der Waals surface area contributed by atoms with E-state index in [1.165, 1.54) is 19.3 Å². The second-order valence-electron chi connectivity index (χ2n) is 6.52. The first-order valence-electron chi connectivity index (χ1n) is 8.71. The molecule has 2 fully saturated rings. The van der Waals surface area contributed by atoms with Gasteiger partial charge >= 0.3 is 6.03 Å². The minimum absolute atomic E-state index is 0.0350. The smallest absolute Gasteiger partial charge is 0.317 e. The number of aromatic nitrogens is 1. The van der Waals surface area contributed by atoms with Crippen LogP contribution in [-0.2, 0) is 0 Å². The third kappa shape index (κ3) is 4.06. The van der Waals surface area contributed by atoms with Crippen LogP contribution in [0.2, 0.25) is 0 Å². The summed E-state index contributed by atoms with van der Waals surface area (Å²) in [6.45, 7) is 2.63. The van der Waals surface area contributed by atoms with E-state index in [1.54, 1.807) is 18.5 Å². The summed E-state index contributed by atoms with van der Waals surface area (Å²) in [5.41, 5.74) is 0.685. The molecule has 3 rings (SSSR count). The molecule has 3 amide bonds. The van der Waals surface area contributed by atoms with E-state index >= 15 is 0 Å². The minimum atomic E-state index is 0.0350. The normalized spacial score (nSPS) is 20.2. The molecule has 6 nitrogen and oxygen atoms in total. The molecule has 0 bridgehead atoms. The van der Waals surface area contributed by atoms with Crippen molar-refractivity contribution in [2.75, 3.05) is 26.2 Å². The fraction of sp³-hybridized carbons (Fsp3) is 0.647. The van der Waals surface area contributed by atoms with Crippen molar-refractivity contribution >= 4 is 11.9 Å². The fourth-order valence-electron chi connectivity index (χ4n) is 3.48. The first-order chi connectivity index (χ1) is 11.2. The van der Waals surface area contributed by atoms with E-state index in [1.807, 2.05) is 9.80 Å². The van der Waals surface area contributed by atoms with Gasteiger partial charge in [0.25, 0.3) is 5.91 Å². The molecule has 1 aliphatic heterocycles. The number of urea groups is 1. The van der Waals surface area contributed by atoms with Crippen LogP contribution in [0.25, 0.3) is 0 Å². The number of hydrogen-bond donors (Lipinski definition) is 2. The van der Waals surface area contributed by atoms with E-state index in [0.717, 1.165) is 25.8 Å². The molecule has 0 spiro atoms. The molecule has 1 saturated heterocycles. The number of aromatic amines is 1. The average Bonchev–Trinajstić information content (AvgIpc) is 2.99. The van der Waals surface area contributed by atoms with Crippen molar-refractivity contribution in [3.8, 4) is 0 Å². The van der Waals surface area contributed by atoms with Crippen LogP contribution in [0, 0.1) is 0 Å². The Hall–Kier alpha value is -1.98. The number of carbonyl (C=O) groups is 2. The summed E-state index contributed by atoms with van der Waals surface area (Å²) in [7, 11) is 0. The standard InChI is InChI=1S/C17H26N4O2/c22-16(14-7-8-18-13-14)20-9-4-10-21(12-11-20)17(23)19-15-5-2-1-3-6-15/h7-8,13,15,18H,1-6,9-12H2,(H,19,23). The van der Waals surface area contributed by atoms with Gasteiger partial charge in [-0.25, -0.2) is 4.79 Å². The highest BCUT2D eigenvalue weighted by Crippen LogP contribution is 2.18. The number of H-pyrrole nitrogens is 1. The van der Waals surface area contributed by atoms with E-state index < -0.39 is 0 Å². The van der Waals surface area contributed by atoms with Crippen LogP contribution < -0.4 is 5.32 Å². The van der Waals surface area contributed by atoms with Gasteiger partial charge in [0.15, 0.2) is 0 Å². The number of amides is 3. The highest BCUT2D eigenvalue weighted by molar-refractivity contribution is 5.94. The second-order valence-corrected chi connectivity index (χ2v) is 6.52. The summed E-state index contributed by atoms with van der Waals surface area (Å²) in [5.74, 6) is 0.0424. The zero-order valence-corrected chi connectivity index (χ0v) is 13.6. The van der Waals surface area contributed by atoms with Crippen LogP contribution in [-0.4, -0.2) is 58.9 Å². The van der Waals surface area contributed by atoms with Crippen LogP contribution in [0.4, 0.5) is 4.79 Å². The Balaban J connectivity index is 1.51. The number of rotatable bonds is 2. The summed E-state index contributed by atoms with van der Waals surface area (Å²) < 4.78 is 0. The SMILES string of the molecule is O=C(NC1CCCCC1)N1CCCN(C(=O)c2cc[nH]c2)CC1. The van der Waals surface area contributed by atoms with Crippen molar-refractivity contribution in [2.24, 2.45) is 0 Å². The van der Waals surface area contributed by atoms with Crippen molar-refractivity contribution in [3.05, 3.63) is 24.0 Å².